The van der Waals surface area contributed by atoms with Gasteiger partial charge in [0.25, 0.3) is 11.8 Å². The number of phenols is 6. The fourth-order valence-corrected chi connectivity index (χ4v) is 3.41. The Morgan fingerprint density at radius 1 is 0.500 bits per heavy atom. The molecule has 2 rings (SSSR count). The number of amides is 2. The van der Waals surface area contributed by atoms with E-state index in [-0.39, 0.29) is 11.1 Å². The van der Waals surface area contributed by atoms with Gasteiger partial charge in [-0.05, 0) is 37.1 Å². The molecule has 0 aromatic heterocycles. The fourth-order valence-electron chi connectivity index (χ4n) is 3.41. The Balaban J connectivity index is 1.48. The summed E-state index contributed by atoms with van der Waals surface area (Å²) in [6, 6.07) is 4.77. The van der Waals surface area contributed by atoms with Crippen molar-refractivity contribution in [1.29, 1.82) is 0 Å². The first kappa shape index (κ1) is 26.4. The average Bonchev–Trinajstić information content (AvgIpc) is 2.81. The molecule has 10 nitrogen and oxygen atoms in total. The van der Waals surface area contributed by atoms with Crippen LogP contribution in [-0.4, -0.2) is 55.5 Å². The minimum atomic E-state index is -0.716. The molecule has 0 bridgehead atoms. The first-order valence-electron chi connectivity index (χ1n) is 11.3. The van der Waals surface area contributed by atoms with Crippen LogP contribution in [0.15, 0.2) is 24.3 Å². The molecule has 0 aliphatic heterocycles. The monoisotopic (exact) mass is 476 g/mol. The molecule has 0 aliphatic rings. The summed E-state index contributed by atoms with van der Waals surface area (Å²) >= 11 is 0. The molecule has 10 heteroatoms. The van der Waals surface area contributed by atoms with Crippen LogP contribution in [0.5, 0.6) is 34.5 Å². The molecule has 0 heterocycles. The zero-order valence-electron chi connectivity index (χ0n) is 18.9. The standard InChI is InChI=1S/C24H32N2O8/c27-17-11-9-15(19(29)21(17)31)23(33)25-13-7-5-3-1-2-4-6-8-14-26-24(34)16-10-12-18(28)22(32)20(16)30/h9-12,27-32H,1-8,13-14H2,(H,25,33)(H,26,34). The van der Waals surface area contributed by atoms with Crippen molar-refractivity contribution >= 4 is 11.8 Å². The van der Waals surface area contributed by atoms with Gasteiger partial charge in [0.1, 0.15) is 0 Å². The van der Waals surface area contributed by atoms with Crippen molar-refractivity contribution in [2.75, 3.05) is 13.1 Å². The Morgan fingerprint density at radius 2 is 0.824 bits per heavy atom. The summed E-state index contributed by atoms with van der Waals surface area (Å²) in [7, 11) is 0. The zero-order valence-corrected chi connectivity index (χ0v) is 18.9. The summed E-state index contributed by atoms with van der Waals surface area (Å²) in [5.74, 6) is -4.73. The van der Waals surface area contributed by atoms with Crippen LogP contribution < -0.4 is 10.6 Å². The molecule has 8 N–H and O–H groups in total. The predicted molar refractivity (Wildman–Crippen MR) is 124 cm³/mol. The molecule has 0 spiro atoms. The maximum absolute atomic E-state index is 12.0. The zero-order chi connectivity index (χ0) is 25.1. The second-order valence-corrected chi connectivity index (χ2v) is 8.00. The van der Waals surface area contributed by atoms with Crippen LogP contribution in [0, 0.1) is 0 Å². The number of rotatable bonds is 13. The number of hydrogen-bond donors (Lipinski definition) is 8. The molecule has 2 amide bonds. The van der Waals surface area contributed by atoms with Crippen LogP contribution in [0.4, 0.5) is 0 Å². The van der Waals surface area contributed by atoms with Crippen LogP contribution in [-0.2, 0) is 0 Å². The summed E-state index contributed by atoms with van der Waals surface area (Å²) in [5.41, 5.74) is -0.186. The van der Waals surface area contributed by atoms with Gasteiger partial charge in [0.15, 0.2) is 23.0 Å². The SMILES string of the molecule is O=C(NCCCCCCCCCCNC(=O)c1ccc(O)c(O)c1O)c1ccc(O)c(O)c1O. The van der Waals surface area contributed by atoms with Crippen molar-refractivity contribution < 1.29 is 40.2 Å². The van der Waals surface area contributed by atoms with E-state index in [1.54, 1.807) is 0 Å². The Bertz CT molecular complexity index is 914. The van der Waals surface area contributed by atoms with Gasteiger partial charge < -0.3 is 41.3 Å². The third-order valence-electron chi connectivity index (χ3n) is 5.42. The van der Waals surface area contributed by atoms with Gasteiger partial charge in [-0.25, -0.2) is 0 Å². The molecular weight excluding hydrogens is 444 g/mol. The lowest BCUT2D eigenvalue weighted by Gasteiger charge is -2.09. The van der Waals surface area contributed by atoms with Crippen molar-refractivity contribution in [2.24, 2.45) is 0 Å². The third kappa shape index (κ3) is 7.36. The smallest absolute Gasteiger partial charge is 0.255 e. The van der Waals surface area contributed by atoms with Gasteiger partial charge >= 0.3 is 0 Å². The number of phenolic OH excluding ortho intramolecular Hbond substituents is 6. The lowest BCUT2D eigenvalue weighted by molar-refractivity contribution is 0.0941. The summed E-state index contributed by atoms with van der Waals surface area (Å²) in [4.78, 5) is 24.1. The molecule has 34 heavy (non-hydrogen) atoms. The van der Waals surface area contributed by atoms with Crippen LogP contribution in [0.1, 0.15) is 72.1 Å². The highest BCUT2D eigenvalue weighted by Crippen LogP contribution is 2.37. The van der Waals surface area contributed by atoms with Gasteiger partial charge in [-0.3, -0.25) is 9.59 Å². The molecule has 186 valence electrons. The molecular formula is C24H32N2O8. The van der Waals surface area contributed by atoms with E-state index < -0.39 is 46.3 Å². The number of hydrogen-bond acceptors (Lipinski definition) is 8. The highest BCUT2D eigenvalue weighted by atomic mass is 16.3. The molecule has 0 radical (unpaired) electrons. The van der Waals surface area contributed by atoms with E-state index in [1.807, 2.05) is 0 Å². The highest BCUT2D eigenvalue weighted by Gasteiger charge is 2.17. The van der Waals surface area contributed by atoms with Gasteiger partial charge in [-0.1, -0.05) is 38.5 Å². The van der Waals surface area contributed by atoms with Crippen molar-refractivity contribution in [1.82, 2.24) is 10.6 Å². The topological polar surface area (TPSA) is 180 Å². The minimum absolute atomic E-state index is 0.0931. The molecule has 2 aromatic carbocycles. The molecule has 0 saturated heterocycles. The molecule has 0 unspecified atom stereocenters. The van der Waals surface area contributed by atoms with Gasteiger partial charge in [0.05, 0.1) is 11.1 Å². The second kappa shape index (κ2) is 13.0. The summed E-state index contributed by atoms with van der Waals surface area (Å²) in [5, 5.41) is 62.3. The first-order valence-corrected chi connectivity index (χ1v) is 11.3. The van der Waals surface area contributed by atoms with E-state index in [0.717, 1.165) is 63.5 Å². The number of carbonyl (C=O) groups is 2. The van der Waals surface area contributed by atoms with E-state index in [4.69, 9.17) is 0 Å². The summed E-state index contributed by atoms with van der Waals surface area (Å²) in [6.07, 6.45) is 7.56. The summed E-state index contributed by atoms with van der Waals surface area (Å²) < 4.78 is 0. The lowest BCUT2D eigenvalue weighted by Crippen LogP contribution is -2.24. The van der Waals surface area contributed by atoms with Crippen LogP contribution >= 0.6 is 0 Å². The number of aromatic hydroxyl groups is 6. The molecule has 0 fully saturated rings. The molecule has 2 aromatic rings. The number of unbranched alkanes of at least 4 members (excludes halogenated alkanes) is 7. The van der Waals surface area contributed by atoms with Crippen molar-refractivity contribution in [2.45, 2.75) is 51.4 Å². The molecule has 0 aliphatic carbocycles. The van der Waals surface area contributed by atoms with Crippen molar-refractivity contribution in [3.8, 4) is 34.5 Å². The molecule has 0 atom stereocenters. The van der Waals surface area contributed by atoms with E-state index in [2.05, 4.69) is 10.6 Å². The van der Waals surface area contributed by atoms with Gasteiger partial charge in [-0.15, -0.1) is 0 Å². The largest absolute Gasteiger partial charge is 0.504 e. The average molecular weight is 477 g/mol. The quantitative estimate of drug-likeness (QED) is 0.160. The Kier molecular flexibility index (Phi) is 10.1. The third-order valence-corrected chi connectivity index (χ3v) is 5.42. The second-order valence-electron chi connectivity index (χ2n) is 8.00. The number of nitrogens with one attached hydrogen (secondary N) is 2. The Hall–Kier alpha value is -3.82. The maximum atomic E-state index is 12.0. The van der Waals surface area contributed by atoms with Gasteiger partial charge in [0.2, 0.25) is 11.5 Å². The first-order chi connectivity index (χ1) is 16.2. The fraction of sp³-hybridized carbons (Fsp3) is 0.417. The Morgan fingerprint density at radius 3 is 1.18 bits per heavy atom. The van der Waals surface area contributed by atoms with E-state index in [0.29, 0.717) is 13.1 Å². The van der Waals surface area contributed by atoms with Crippen molar-refractivity contribution in [3.05, 3.63) is 35.4 Å². The van der Waals surface area contributed by atoms with Crippen LogP contribution in [0.25, 0.3) is 0 Å². The van der Waals surface area contributed by atoms with E-state index in [1.165, 1.54) is 12.1 Å². The number of benzene rings is 2. The van der Waals surface area contributed by atoms with Crippen LogP contribution in [0.3, 0.4) is 0 Å². The minimum Gasteiger partial charge on any atom is -0.504 e. The van der Waals surface area contributed by atoms with E-state index in [9.17, 15) is 40.2 Å². The van der Waals surface area contributed by atoms with Gasteiger partial charge in [0, 0.05) is 13.1 Å². The van der Waals surface area contributed by atoms with Crippen LogP contribution in [0.2, 0.25) is 0 Å². The lowest BCUT2D eigenvalue weighted by atomic mass is 10.1. The molecule has 0 saturated carbocycles. The van der Waals surface area contributed by atoms with E-state index >= 15 is 0 Å². The normalized spacial score (nSPS) is 10.7. The summed E-state index contributed by atoms with van der Waals surface area (Å²) in [6.45, 7) is 0.877. The van der Waals surface area contributed by atoms with Gasteiger partial charge in [-0.2, -0.15) is 0 Å². The van der Waals surface area contributed by atoms with Crippen molar-refractivity contribution in [3.63, 3.8) is 0 Å². The number of carbonyl (C=O) groups excluding carboxylic acids is 2. The maximum Gasteiger partial charge on any atom is 0.255 e. The predicted octanol–water partition coefficient (Wildman–Crippen LogP) is 3.20. The Labute approximate surface area is 197 Å². The highest BCUT2D eigenvalue weighted by molar-refractivity contribution is 5.98.